The van der Waals surface area contributed by atoms with Crippen molar-refractivity contribution < 1.29 is 13.2 Å². The van der Waals surface area contributed by atoms with Gasteiger partial charge in [0.1, 0.15) is 6.54 Å². The average molecular weight is 441 g/mol. The predicted octanol–water partition coefficient (Wildman–Crippen LogP) is 4.62. The molecular weight excluding hydrogens is 408 g/mol. The maximum atomic E-state index is 13.5. The Morgan fingerprint density at radius 1 is 1.03 bits per heavy atom. The first-order valence-corrected chi connectivity index (χ1v) is 12.7. The SMILES string of the molecule is Cc1ccc(S(=O)(=O)N(CC(=O)N[C@H]2C[C@H]3CC[C@H]2C3)c2ccc(C(C)C)cc2)cc1. The lowest BCUT2D eigenvalue weighted by Crippen LogP contribution is -2.46. The minimum absolute atomic E-state index is 0.179. The average Bonchev–Trinajstić information content (AvgIpc) is 3.35. The molecule has 0 radical (unpaired) electrons. The van der Waals surface area contributed by atoms with Crippen LogP contribution >= 0.6 is 0 Å². The summed E-state index contributed by atoms with van der Waals surface area (Å²) in [4.78, 5) is 13.1. The molecule has 1 N–H and O–H groups in total. The van der Waals surface area contributed by atoms with Gasteiger partial charge in [0.15, 0.2) is 0 Å². The van der Waals surface area contributed by atoms with Gasteiger partial charge in [-0.2, -0.15) is 0 Å². The Kier molecular flexibility index (Phi) is 6.11. The van der Waals surface area contributed by atoms with Gasteiger partial charge in [-0.3, -0.25) is 9.10 Å². The highest BCUT2D eigenvalue weighted by molar-refractivity contribution is 7.92. The second-order valence-corrected chi connectivity index (χ2v) is 11.3. The third kappa shape index (κ3) is 4.64. The van der Waals surface area contributed by atoms with Crippen molar-refractivity contribution in [2.45, 2.75) is 63.3 Å². The predicted molar refractivity (Wildman–Crippen MR) is 124 cm³/mol. The highest BCUT2D eigenvalue weighted by Gasteiger charge is 2.40. The Morgan fingerprint density at radius 3 is 2.26 bits per heavy atom. The van der Waals surface area contributed by atoms with E-state index >= 15 is 0 Å². The number of fused-ring (bicyclic) bond motifs is 2. The zero-order valence-electron chi connectivity index (χ0n) is 18.5. The molecule has 2 bridgehead atoms. The van der Waals surface area contributed by atoms with E-state index in [1.807, 2.05) is 19.1 Å². The van der Waals surface area contributed by atoms with Crippen LogP contribution in [0.2, 0.25) is 0 Å². The molecule has 0 unspecified atom stereocenters. The van der Waals surface area contributed by atoms with Crippen molar-refractivity contribution in [1.82, 2.24) is 5.32 Å². The maximum absolute atomic E-state index is 13.5. The van der Waals surface area contributed by atoms with E-state index in [0.717, 1.165) is 24.0 Å². The number of sulfonamides is 1. The molecule has 6 heteroatoms. The van der Waals surface area contributed by atoms with Gasteiger partial charge in [0.05, 0.1) is 10.6 Å². The summed E-state index contributed by atoms with van der Waals surface area (Å²) in [7, 11) is -3.87. The van der Waals surface area contributed by atoms with Gasteiger partial charge in [0, 0.05) is 6.04 Å². The molecule has 166 valence electrons. The van der Waals surface area contributed by atoms with Crippen LogP contribution in [0.4, 0.5) is 5.69 Å². The number of hydrogen-bond acceptors (Lipinski definition) is 3. The number of carbonyl (C=O) groups excluding carboxylic acids is 1. The van der Waals surface area contributed by atoms with Crippen LogP contribution in [0.3, 0.4) is 0 Å². The second-order valence-electron chi connectivity index (χ2n) is 9.42. The van der Waals surface area contributed by atoms with E-state index in [2.05, 4.69) is 19.2 Å². The molecule has 4 rings (SSSR count). The van der Waals surface area contributed by atoms with Crippen LogP contribution in [-0.4, -0.2) is 26.9 Å². The number of nitrogens with zero attached hydrogens (tertiary/aromatic N) is 1. The Hall–Kier alpha value is -2.34. The molecule has 0 saturated heterocycles. The third-order valence-electron chi connectivity index (χ3n) is 6.83. The Bertz CT molecular complexity index is 1030. The number of anilines is 1. The Balaban J connectivity index is 1.60. The van der Waals surface area contributed by atoms with E-state index in [1.54, 1.807) is 36.4 Å². The number of carbonyl (C=O) groups is 1. The van der Waals surface area contributed by atoms with Crippen LogP contribution in [0, 0.1) is 18.8 Å². The maximum Gasteiger partial charge on any atom is 0.264 e. The molecule has 0 heterocycles. The smallest absolute Gasteiger partial charge is 0.264 e. The molecule has 0 spiro atoms. The molecule has 2 saturated carbocycles. The number of amides is 1. The molecule has 5 nitrogen and oxygen atoms in total. The Morgan fingerprint density at radius 2 is 1.71 bits per heavy atom. The number of benzene rings is 2. The van der Waals surface area contributed by atoms with E-state index < -0.39 is 10.0 Å². The summed E-state index contributed by atoms with van der Waals surface area (Å²) in [6.45, 7) is 5.89. The van der Waals surface area contributed by atoms with Crippen molar-refractivity contribution in [3.05, 3.63) is 59.7 Å². The molecule has 0 aromatic heterocycles. The minimum atomic E-state index is -3.87. The third-order valence-corrected chi connectivity index (χ3v) is 8.62. The molecule has 2 aromatic rings. The zero-order chi connectivity index (χ0) is 22.2. The lowest BCUT2D eigenvalue weighted by atomic mass is 9.95. The van der Waals surface area contributed by atoms with Crippen molar-refractivity contribution in [3.63, 3.8) is 0 Å². The van der Waals surface area contributed by atoms with Gasteiger partial charge in [0.25, 0.3) is 10.0 Å². The summed E-state index contributed by atoms with van der Waals surface area (Å²) >= 11 is 0. The van der Waals surface area contributed by atoms with Crippen molar-refractivity contribution in [3.8, 4) is 0 Å². The van der Waals surface area contributed by atoms with Crippen LogP contribution in [0.25, 0.3) is 0 Å². The van der Waals surface area contributed by atoms with E-state index in [9.17, 15) is 13.2 Å². The topological polar surface area (TPSA) is 66.5 Å². The van der Waals surface area contributed by atoms with Gasteiger partial charge in [-0.05, 0) is 73.8 Å². The first-order valence-electron chi connectivity index (χ1n) is 11.2. The number of aryl methyl sites for hydroxylation is 1. The standard InChI is InChI=1S/C25H32N2O3S/c1-17(2)20-8-10-22(11-9-20)27(31(29,30)23-12-4-18(3)5-13-23)16-25(28)26-24-15-19-6-7-21(24)14-19/h4-5,8-13,17,19,21,24H,6-7,14-16H2,1-3H3,(H,26,28)/t19-,21-,24-/m0/s1. The van der Waals surface area contributed by atoms with Crippen LogP contribution in [-0.2, 0) is 14.8 Å². The summed E-state index contributed by atoms with van der Waals surface area (Å²) in [5.74, 6) is 1.37. The molecular formula is C25H32N2O3S. The van der Waals surface area contributed by atoms with Crippen LogP contribution in [0.5, 0.6) is 0 Å². The fourth-order valence-corrected chi connectivity index (χ4v) is 6.40. The zero-order valence-corrected chi connectivity index (χ0v) is 19.4. The first-order chi connectivity index (χ1) is 14.7. The lowest BCUT2D eigenvalue weighted by Gasteiger charge is -2.27. The van der Waals surface area contributed by atoms with Gasteiger partial charge in [0.2, 0.25) is 5.91 Å². The molecule has 2 aromatic carbocycles. The largest absolute Gasteiger partial charge is 0.352 e. The van der Waals surface area contributed by atoms with Crippen molar-refractivity contribution in [2.24, 2.45) is 11.8 Å². The fraction of sp³-hybridized carbons (Fsp3) is 0.480. The molecule has 31 heavy (non-hydrogen) atoms. The monoisotopic (exact) mass is 440 g/mol. The number of hydrogen-bond donors (Lipinski definition) is 1. The normalized spacial score (nSPS) is 22.6. The Labute approximate surface area is 185 Å². The van der Waals surface area contributed by atoms with Gasteiger partial charge in [-0.15, -0.1) is 0 Å². The van der Waals surface area contributed by atoms with Gasteiger partial charge in [-0.1, -0.05) is 50.1 Å². The fourth-order valence-electron chi connectivity index (χ4n) is 4.98. The first kappa shape index (κ1) is 21.9. The summed E-state index contributed by atoms with van der Waals surface area (Å²) < 4.78 is 28.3. The summed E-state index contributed by atoms with van der Waals surface area (Å²) in [5, 5.41) is 3.13. The van der Waals surface area contributed by atoms with E-state index in [1.165, 1.54) is 17.1 Å². The van der Waals surface area contributed by atoms with Crippen molar-refractivity contribution >= 4 is 21.6 Å². The highest BCUT2D eigenvalue weighted by Crippen LogP contribution is 2.44. The quantitative estimate of drug-likeness (QED) is 0.683. The van der Waals surface area contributed by atoms with E-state index in [4.69, 9.17) is 0 Å². The lowest BCUT2D eigenvalue weighted by molar-refractivity contribution is -0.120. The van der Waals surface area contributed by atoms with Crippen LogP contribution < -0.4 is 9.62 Å². The molecule has 0 aliphatic heterocycles. The van der Waals surface area contributed by atoms with Crippen LogP contribution in [0.1, 0.15) is 56.6 Å². The van der Waals surface area contributed by atoms with E-state index in [-0.39, 0.29) is 23.4 Å². The summed E-state index contributed by atoms with van der Waals surface area (Å²) in [6.07, 6.45) is 4.63. The molecule has 3 atom stereocenters. The van der Waals surface area contributed by atoms with Gasteiger partial charge >= 0.3 is 0 Å². The highest BCUT2D eigenvalue weighted by atomic mass is 32.2. The molecule has 2 aliphatic rings. The summed E-state index contributed by atoms with van der Waals surface area (Å²) in [5.41, 5.74) is 2.62. The van der Waals surface area contributed by atoms with E-state index in [0.29, 0.717) is 23.4 Å². The summed E-state index contributed by atoms with van der Waals surface area (Å²) in [6, 6.07) is 14.4. The van der Waals surface area contributed by atoms with Crippen molar-refractivity contribution in [2.75, 3.05) is 10.8 Å². The van der Waals surface area contributed by atoms with Crippen molar-refractivity contribution in [1.29, 1.82) is 0 Å². The minimum Gasteiger partial charge on any atom is -0.352 e. The molecule has 1 amide bonds. The molecule has 2 fully saturated rings. The van der Waals surface area contributed by atoms with Gasteiger partial charge < -0.3 is 5.32 Å². The van der Waals surface area contributed by atoms with Gasteiger partial charge in [-0.25, -0.2) is 8.42 Å². The number of nitrogens with one attached hydrogen (secondary N) is 1. The molecule has 2 aliphatic carbocycles. The van der Waals surface area contributed by atoms with Crippen LogP contribution in [0.15, 0.2) is 53.4 Å². The number of rotatable bonds is 7. The second kappa shape index (κ2) is 8.65.